The van der Waals surface area contributed by atoms with E-state index in [-0.39, 0.29) is 33.4 Å². The first-order valence-electron chi connectivity index (χ1n) is 7.65. The van der Waals surface area contributed by atoms with E-state index in [2.05, 4.69) is 19.8 Å². The summed E-state index contributed by atoms with van der Waals surface area (Å²) < 4.78 is 39.4. The molecule has 0 amide bonds. The largest absolute Gasteiger partial charge is 0.481 e. The maximum Gasteiger partial charge on any atom is 0.264 e. The van der Waals surface area contributed by atoms with Crippen LogP contribution in [0.4, 0.5) is 5.82 Å². The zero-order valence-corrected chi connectivity index (χ0v) is 16.2. The number of benzene rings is 1. The van der Waals surface area contributed by atoms with Gasteiger partial charge in [-0.25, -0.2) is 8.42 Å². The summed E-state index contributed by atoms with van der Waals surface area (Å²) in [6.45, 7) is 1.71. The van der Waals surface area contributed by atoms with Gasteiger partial charge >= 0.3 is 0 Å². The Morgan fingerprint density at radius 3 is 2.30 bits per heavy atom. The Hall–Kier alpha value is -2.85. The van der Waals surface area contributed by atoms with Crippen molar-refractivity contribution in [3.63, 3.8) is 0 Å². The fourth-order valence-electron chi connectivity index (χ4n) is 2.28. The van der Waals surface area contributed by atoms with E-state index in [0.29, 0.717) is 5.69 Å². The Bertz CT molecular complexity index is 1060. The molecule has 0 spiro atoms. The van der Waals surface area contributed by atoms with Gasteiger partial charge in [-0.15, -0.1) is 0 Å². The van der Waals surface area contributed by atoms with Gasteiger partial charge in [-0.2, -0.15) is 19.7 Å². The van der Waals surface area contributed by atoms with Gasteiger partial charge in [0.05, 0.1) is 31.0 Å². The van der Waals surface area contributed by atoms with Crippen molar-refractivity contribution < 1.29 is 17.9 Å². The van der Waals surface area contributed by atoms with Gasteiger partial charge in [-0.3, -0.25) is 4.72 Å². The van der Waals surface area contributed by atoms with Gasteiger partial charge in [0.1, 0.15) is 10.7 Å². The smallest absolute Gasteiger partial charge is 0.264 e. The molecule has 142 valence electrons. The molecule has 0 bridgehead atoms. The lowest BCUT2D eigenvalue weighted by molar-refractivity contribution is 0.370. The highest BCUT2D eigenvalue weighted by Gasteiger charge is 2.22. The number of hydrogen-bond acceptors (Lipinski definition) is 7. The van der Waals surface area contributed by atoms with Gasteiger partial charge in [0.15, 0.2) is 0 Å². The Morgan fingerprint density at radius 1 is 1.07 bits per heavy atom. The van der Waals surface area contributed by atoms with E-state index in [9.17, 15) is 8.42 Å². The first-order valence-corrected chi connectivity index (χ1v) is 9.51. The average Bonchev–Trinajstić information content (AvgIpc) is 3.00. The molecule has 1 N–H and O–H groups in total. The van der Waals surface area contributed by atoms with Gasteiger partial charge in [-0.1, -0.05) is 23.7 Å². The second-order valence-corrected chi connectivity index (χ2v) is 7.43. The molecule has 0 radical (unpaired) electrons. The summed E-state index contributed by atoms with van der Waals surface area (Å²) in [5, 5.41) is 4.36. The summed E-state index contributed by atoms with van der Waals surface area (Å²) in [5.74, 6) is 0.703. The van der Waals surface area contributed by atoms with Crippen LogP contribution >= 0.6 is 11.6 Å². The molecule has 0 aliphatic carbocycles. The predicted molar refractivity (Wildman–Crippen MR) is 99.3 cm³/mol. The summed E-state index contributed by atoms with van der Waals surface area (Å²) in [6.07, 6.45) is 0. The SMILES string of the molecule is COc1cc(OC)nc(-n2nc(C)cc2NS(=O)(=O)c2ccccc2Cl)n1. The summed E-state index contributed by atoms with van der Waals surface area (Å²) in [6, 6.07) is 9.17. The van der Waals surface area contributed by atoms with Crippen LogP contribution in [0, 0.1) is 6.92 Å². The van der Waals surface area contributed by atoms with Crippen LogP contribution in [0.1, 0.15) is 5.69 Å². The minimum atomic E-state index is -3.95. The number of rotatable bonds is 6. The molecule has 9 nitrogen and oxygen atoms in total. The van der Waals surface area contributed by atoms with Crippen molar-refractivity contribution in [1.82, 2.24) is 19.7 Å². The molecular weight excluding hydrogens is 394 g/mol. The van der Waals surface area contributed by atoms with Crippen molar-refractivity contribution in [2.45, 2.75) is 11.8 Å². The average molecular weight is 410 g/mol. The second-order valence-electron chi connectivity index (χ2n) is 5.37. The third kappa shape index (κ3) is 3.96. The molecule has 0 unspecified atom stereocenters. The summed E-state index contributed by atoms with van der Waals surface area (Å²) >= 11 is 6.02. The number of nitrogens with zero attached hydrogens (tertiary/aromatic N) is 4. The van der Waals surface area contributed by atoms with E-state index in [1.807, 2.05) is 0 Å². The molecule has 2 aromatic heterocycles. The second kappa shape index (κ2) is 7.41. The first kappa shape index (κ1) is 18.9. The molecular formula is C16H16ClN5O4S. The van der Waals surface area contributed by atoms with Gasteiger partial charge in [-0.05, 0) is 19.1 Å². The van der Waals surface area contributed by atoms with E-state index < -0.39 is 10.0 Å². The molecule has 0 fully saturated rings. The van der Waals surface area contributed by atoms with Crippen LogP contribution < -0.4 is 14.2 Å². The van der Waals surface area contributed by atoms with Crippen molar-refractivity contribution in [1.29, 1.82) is 0 Å². The zero-order chi connectivity index (χ0) is 19.6. The van der Waals surface area contributed by atoms with Crippen molar-refractivity contribution in [3.05, 3.63) is 47.1 Å². The van der Waals surface area contributed by atoms with Crippen molar-refractivity contribution in [2.75, 3.05) is 18.9 Å². The fraction of sp³-hybridized carbons (Fsp3) is 0.188. The molecule has 27 heavy (non-hydrogen) atoms. The van der Waals surface area contributed by atoms with Crippen molar-refractivity contribution in [2.24, 2.45) is 0 Å². The van der Waals surface area contributed by atoms with Crippen LogP contribution in [0.3, 0.4) is 0 Å². The number of nitrogens with one attached hydrogen (secondary N) is 1. The lowest BCUT2D eigenvalue weighted by Crippen LogP contribution is -2.17. The lowest BCUT2D eigenvalue weighted by atomic mass is 10.4. The maximum atomic E-state index is 12.7. The van der Waals surface area contributed by atoms with Gasteiger partial charge < -0.3 is 9.47 Å². The normalized spacial score (nSPS) is 11.3. The molecule has 0 saturated carbocycles. The molecule has 0 saturated heterocycles. The van der Waals surface area contributed by atoms with Crippen LogP contribution in [0.15, 0.2) is 41.3 Å². The number of anilines is 1. The standard InChI is InChI=1S/C16H16ClN5O4S/c1-10-8-13(21-27(23,24)12-7-5-4-6-11(12)17)22(20-10)16-18-14(25-2)9-15(19-16)26-3/h4-9,21H,1-3H3. The number of sulfonamides is 1. The quantitative estimate of drug-likeness (QED) is 0.666. The Morgan fingerprint density at radius 2 is 1.70 bits per heavy atom. The van der Waals surface area contributed by atoms with Crippen LogP contribution in [0.5, 0.6) is 11.8 Å². The molecule has 2 heterocycles. The van der Waals surface area contributed by atoms with Crippen LogP contribution in [-0.4, -0.2) is 42.4 Å². The minimum absolute atomic E-state index is 0.0544. The Balaban J connectivity index is 2.07. The molecule has 0 aliphatic rings. The van der Waals surface area contributed by atoms with E-state index in [0.717, 1.165) is 0 Å². The third-order valence-corrected chi connectivity index (χ3v) is 5.33. The first-order chi connectivity index (χ1) is 12.8. The van der Waals surface area contributed by atoms with E-state index in [4.69, 9.17) is 21.1 Å². The van der Waals surface area contributed by atoms with Crippen LogP contribution in [0.25, 0.3) is 5.95 Å². The highest BCUT2D eigenvalue weighted by atomic mass is 35.5. The topological polar surface area (TPSA) is 108 Å². The fourth-order valence-corrected chi connectivity index (χ4v) is 3.83. The third-order valence-electron chi connectivity index (χ3n) is 3.47. The highest BCUT2D eigenvalue weighted by molar-refractivity contribution is 7.92. The number of aryl methyl sites for hydroxylation is 1. The molecule has 3 aromatic rings. The summed E-state index contributed by atoms with van der Waals surface area (Å²) in [5.41, 5.74) is 0.553. The van der Waals surface area contributed by atoms with E-state index >= 15 is 0 Å². The van der Waals surface area contributed by atoms with Crippen LogP contribution in [-0.2, 0) is 10.0 Å². The van der Waals surface area contributed by atoms with Crippen molar-refractivity contribution in [3.8, 4) is 17.7 Å². The molecule has 11 heteroatoms. The Kier molecular flexibility index (Phi) is 5.19. The zero-order valence-electron chi connectivity index (χ0n) is 14.7. The highest BCUT2D eigenvalue weighted by Crippen LogP contribution is 2.25. The van der Waals surface area contributed by atoms with E-state index in [1.54, 1.807) is 25.1 Å². The lowest BCUT2D eigenvalue weighted by Gasteiger charge is -2.11. The molecule has 0 aliphatic heterocycles. The van der Waals surface area contributed by atoms with Crippen molar-refractivity contribution >= 4 is 27.4 Å². The molecule has 0 atom stereocenters. The van der Waals surface area contributed by atoms with Gasteiger partial charge in [0.25, 0.3) is 16.0 Å². The Labute approximate surface area is 161 Å². The summed E-state index contributed by atoms with van der Waals surface area (Å²) in [4.78, 5) is 8.33. The summed E-state index contributed by atoms with van der Waals surface area (Å²) in [7, 11) is -1.06. The number of methoxy groups -OCH3 is 2. The number of halogens is 1. The predicted octanol–water partition coefficient (Wildman–Crippen LogP) is 2.44. The maximum absolute atomic E-state index is 12.7. The number of aromatic nitrogens is 4. The van der Waals surface area contributed by atoms with E-state index in [1.165, 1.54) is 37.1 Å². The van der Waals surface area contributed by atoms with Gasteiger partial charge in [0.2, 0.25) is 11.8 Å². The van der Waals surface area contributed by atoms with Crippen LogP contribution in [0.2, 0.25) is 5.02 Å². The number of ether oxygens (including phenoxy) is 2. The molecule has 3 rings (SSSR count). The minimum Gasteiger partial charge on any atom is -0.481 e. The number of hydrogen-bond donors (Lipinski definition) is 1. The molecule has 1 aromatic carbocycles. The van der Waals surface area contributed by atoms with Gasteiger partial charge in [0, 0.05) is 6.07 Å². The monoisotopic (exact) mass is 409 g/mol.